The van der Waals surface area contributed by atoms with E-state index in [1.54, 1.807) is 0 Å². The van der Waals surface area contributed by atoms with Crippen LogP contribution in [0.1, 0.15) is 0 Å². The molecule has 5 heteroatoms. The Kier molecular flexibility index (Phi) is 11.5. The van der Waals surface area contributed by atoms with Gasteiger partial charge in [0.15, 0.2) is 0 Å². The van der Waals surface area contributed by atoms with E-state index in [1.807, 2.05) is 0 Å². The van der Waals surface area contributed by atoms with Gasteiger partial charge in [-0.2, -0.15) is 52.4 Å². The number of rotatable bonds is 0. The van der Waals surface area contributed by atoms with Crippen molar-refractivity contribution in [3.8, 4) is 0 Å². The van der Waals surface area contributed by atoms with E-state index in [9.17, 15) is 0 Å². The first-order chi connectivity index (χ1) is 6.00. The Morgan fingerprint density at radius 2 is 0.538 bits per heavy atom. The maximum atomic E-state index is 4.08. The van der Waals surface area contributed by atoms with Gasteiger partial charge in [0, 0.05) is 27.7 Å². The Hall–Kier alpha value is 0.775. The maximum absolute atomic E-state index is 4.08. The fraction of sp³-hybridized carbons (Fsp3) is 1.00. The summed E-state index contributed by atoms with van der Waals surface area (Å²) in [6.07, 6.45) is 0. The van der Waals surface area contributed by atoms with Crippen molar-refractivity contribution in [2.75, 3.05) is 52.4 Å². The molecule has 2 saturated heterocycles. The first-order valence-corrected chi connectivity index (χ1v) is 4.53. The average Bonchev–Trinajstić information content (AvgIpc) is 2.24. The fourth-order valence-corrected chi connectivity index (χ4v) is 1.01. The molecule has 2 aliphatic heterocycles. The Bertz CT molecular complexity index is 59.1. The van der Waals surface area contributed by atoms with E-state index in [2.05, 4.69) is 21.3 Å². The molecule has 2 aliphatic rings. The minimum Gasteiger partial charge on any atom is -0.665 e. The van der Waals surface area contributed by atoms with Gasteiger partial charge in [0.1, 0.15) is 0 Å². The van der Waals surface area contributed by atoms with Gasteiger partial charge in [0.05, 0.1) is 0 Å². The molecule has 0 atom stereocenters. The van der Waals surface area contributed by atoms with Crippen LogP contribution in [0, 0.1) is 0 Å². The molecule has 0 amide bonds. The zero-order valence-electron chi connectivity index (χ0n) is 8.15. The standard InChI is InChI=1S/2C4H8N2.Hg/c2*1-2-6-4-3-5-1;/h2*1-4H2;/q2*-2;. The molecule has 2 rings (SSSR count). The molecule has 0 aliphatic carbocycles. The summed E-state index contributed by atoms with van der Waals surface area (Å²) >= 11 is 0. The SMILES string of the molecule is C1C[N-]CC[N-]1.C1C[N-]CC[N-]1.[Hg]. The summed E-state index contributed by atoms with van der Waals surface area (Å²) < 4.78 is 0. The van der Waals surface area contributed by atoms with Crippen molar-refractivity contribution in [2.45, 2.75) is 0 Å². The van der Waals surface area contributed by atoms with Crippen LogP contribution in [0.3, 0.4) is 0 Å². The molecule has 2 heterocycles. The van der Waals surface area contributed by atoms with Crippen LogP contribution in [-0.2, 0) is 27.7 Å². The molecule has 2 fully saturated rings. The van der Waals surface area contributed by atoms with Gasteiger partial charge in [-0.15, -0.1) is 0 Å². The normalized spacial score (nSPS) is 22.2. The smallest absolute Gasteiger partial charge is 0 e. The summed E-state index contributed by atoms with van der Waals surface area (Å²) in [6, 6.07) is 0. The molecule has 0 unspecified atom stereocenters. The van der Waals surface area contributed by atoms with Crippen molar-refractivity contribution in [3.63, 3.8) is 0 Å². The van der Waals surface area contributed by atoms with Crippen molar-refractivity contribution >= 4 is 0 Å². The predicted octanol–water partition coefficient (Wildman–Crippen LogP) is 1.49. The second-order valence-electron chi connectivity index (χ2n) is 2.68. The molecule has 4 nitrogen and oxygen atoms in total. The van der Waals surface area contributed by atoms with Crippen LogP contribution in [0.5, 0.6) is 0 Å². The minimum atomic E-state index is 0. The van der Waals surface area contributed by atoms with Crippen LogP contribution in [0.25, 0.3) is 21.3 Å². The number of hydrogen-bond donors (Lipinski definition) is 0. The van der Waals surface area contributed by atoms with Crippen LogP contribution < -0.4 is 0 Å². The van der Waals surface area contributed by atoms with Crippen LogP contribution in [0.2, 0.25) is 0 Å². The molecule has 0 radical (unpaired) electrons. The zero-order valence-corrected chi connectivity index (χ0v) is 13.7. The Labute approximate surface area is 101 Å². The van der Waals surface area contributed by atoms with Crippen molar-refractivity contribution < 1.29 is 27.7 Å². The third-order valence-corrected chi connectivity index (χ3v) is 1.66. The van der Waals surface area contributed by atoms with E-state index in [0.29, 0.717) is 0 Å². The van der Waals surface area contributed by atoms with Crippen molar-refractivity contribution in [1.82, 2.24) is 0 Å². The molecule has 0 aromatic rings. The van der Waals surface area contributed by atoms with Crippen molar-refractivity contribution in [3.05, 3.63) is 21.3 Å². The monoisotopic (exact) mass is 370 g/mol. The Balaban J connectivity index is 0.000000206. The van der Waals surface area contributed by atoms with Gasteiger partial charge < -0.3 is 21.3 Å². The Morgan fingerprint density at radius 1 is 0.385 bits per heavy atom. The molecule has 0 bridgehead atoms. The van der Waals surface area contributed by atoms with Crippen molar-refractivity contribution in [2.24, 2.45) is 0 Å². The van der Waals surface area contributed by atoms with Gasteiger partial charge >= 0.3 is 0 Å². The topological polar surface area (TPSA) is 56.4 Å². The summed E-state index contributed by atoms with van der Waals surface area (Å²) in [5, 5.41) is 16.3. The summed E-state index contributed by atoms with van der Waals surface area (Å²) in [5.41, 5.74) is 0. The van der Waals surface area contributed by atoms with E-state index < -0.39 is 0 Å². The largest absolute Gasteiger partial charge is 0.665 e. The van der Waals surface area contributed by atoms with Gasteiger partial charge in [-0.25, -0.2) is 0 Å². The quantitative estimate of drug-likeness (QED) is 0.582. The van der Waals surface area contributed by atoms with Crippen molar-refractivity contribution in [1.29, 1.82) is 0 Å². The molecule has 13 heavy (non-hydrogen) atoms. The summed E-state index contributed by atoms with van der Waals surface area (Å²) in [6.45, 7) is 7.67. The molecule has 0 saturated carbocycles. The molecular formula is C8H16HgN4-4. The number of nitrogens with zero attached hydrogens (tertiary/aromatic N) is 4. The summed E-state index contributed by atoms with van der Waals surface area (Å²) in [4.78, 5) is 0. The number of piperazine rings is 2. The third kappa shape index (κ3) is 9.09. The predicted molar refractivity (Wildman–Crippen MR) is 52.4 cm³/mol. The van der Waals surface area contributed by atoms with E-state index in [-0.39, 0.29) is 27.7 Å². The fourth-order valence-electron chi connectivity index (χ4n) is 1.01. The maximum Gasteiger partial charge on any atom is 0 e. The first-order valence-electron chi connectivity index (χ1n) is 4.53. The Morgan fingerprint density at radius 3 is 0.615 bits per heavy atom. The molecular weight excluding hydrogens is 353 g/mol. The summed E-state index contributed by atoms with van der Waals surface area (Å²) in [7, 11) is 0. The second kappa shape index (κ2) is 10.9. The number of hydrogen-bond acceptors (Lipinski definition) is 0. The second-order valence-corrected chi connectivity index (χ2v) is 2.68. The van der Waals surface area contributed by atoms with Gasteiger partial charge in [-0.3, -0.25) is 0 Å². The molecule has 0 spiro atoms. The third-order valence-electron chi connectivity index (χ3n) is 1.66. The van der Waals surface area contributed by atoms with Crippen LogP contribution >= 0.6 is 0 Å². The zero-order chi connectivity index (χ0) is 8.49. The van der Waals surface area contributed by atoms with Crippen LogP contribution in [0.4, 0.5) is 0 Å². The van der Waals surface area contributed by atoms with Crippen LogP contribution in [-0.4, -0.2) is 52.4 Å². The van der Waals surface area contributed by atoms with E-state index in [4.69, 9.17) is 0 Å². The van der Waals surface area contributed by atoms with Gasteiger partial charge in [-0.05, 0) is 0 Å². The van der Waals surface area contributed by atoms with Gasteiger partial charge in [0.2, 0.25) is 0 Å². The molecule has 0 aromatic carbocycles. The first kappa shape index (κ1) is 13.8. The molecule has 74 valence electrons. The van der Waals surface area contributed by atoms with Gasteiger partial charge in [-0.1, -0.05) is 0 Å². The van der Waals surface area contributed by atoms with E-state index in [0.717, 1.165) is 52.4 Å². The minimum absolute atomic E-state index is 0. The van der Waals surface area contributed by atoms with E-state index in [1.165, 1.54) is 0 Å². The average molecular weight is 369 g/mol. The van der Waals surface area contributed by atoms with E-state index >= 15 is 0 Å². The summed E-state index contributed by atoms with van der Waals surface area (Å²) in [5.74, 6) is 0. The van der Waals surface area contributed by atoms with Gasteiger partial charge in [0.25, 0.3) is 0 Å². The molecule has 0 aromatic heterocycles. The van der Waals surface area contributed by atoms with Crippen LogP contribution in [0.15, 0.2) is 0 Å². The molecule has 0 N–H and O–H groups in total.